The van der Waals surface area contributed by atoms with Crippen LogP contribution in [0.4, 0.5) is 5.69 Å². The summed E-state index contributed by atoms with van der Waals surface area (Å²) in [6.07, 6.45) is 2.38. The van der Waals surface area contributed by atoms with Crippen LogP contribution in [0.3, 0.4) is 0 Å². The molecule has 0 aromatic heterocycles. The van der Waals surface area contributed by atoms with Gasteiger partial charge in [0.15, 0.2) is 0 Å². The van der Waals surface area contributed by atoms with Gasteiger partial charge in [0.2, 0.25) is 9.84 Å². The third kappa shape index (κ3) is 5.22. The van der Waals surface area contributed by atoms with E-state index in [0.717, 1.165) is 48.3 Å². The molecule has 33 heavy (non-hydrogen) atoms. The summed E-state index contributed by atoms with van der Waals surface area (Å²) < 4.78 is 27.4. The van der Waals surface area contributed by atoms with Crippen molar-refractivity contribution in [3.05, 3.63) is 86.9 Å². The van der Waals surface area contributed by atoms with E-state index < -0.39 is 9.84 Å². The molecule has 1 heterocycles. The van der Waals surface area contributed by atoms with E-state index in [4.69, 9.17) is 23.2 Å². The maximum Gasteiger partial charge on any atom is 0.208 e. The van der Waals surface area contributed by atoms with Gasteiger partial charge in [0.05, 0.1) is 15.5 Å². The predicted octanol–water partition coefficient (Wildman–Crippen LogP) is 5.51. The molecule has 1 aliphatic rings. The maximum atomic E-state index is 13.7. The minimum absolute atomic E-state index is 0.294. The number of hydrogen-bond acceptors (Lipinski definition) is 4. The van der Waals surface area contributed by atoms with Crippen molar-refractivity contribution in [3.8, 4) is 0 Å². The monoisotopic (exact) mass is 502 g/mol. The Hall–Kier alpha value is -2.05. The number of sulfone groups is 1. The van der Waals surface area contributed by atoms with Crippen molar-refractivity contribution >= 4 is 38.7 Å². The zero-order valence-corrected chi connectivity index (χ0v) is 21.4. The summed E-state index contributed by atoms with van der Waals surface area (Å²) in [5.41, 5.74) is 5.02. The normalized spacial score (nSPS) is 14.6. The van der Waals surface area contributed by atoms with Gasteiger partial charge in [-0.15, -0.1) is 0 Å². The molecule has 0 saturated heterocycles. The van der Waals surface area contributed by atoms with Crippen LogP contribution in [0.15, 0.2) is 64.4 Å². The summed E-state index contributed by atoms with van der Waals surface area (Å²) in [6, 6.07) is 16.4. The molecule has 0 bridgehead atoms. The van der Waals surface area contributed by atoms with Crippen LogP contribution in [0.2, 0.25) is 10.0 Å². The summed E-state index contributed by atoms with van der Waals surface area (Å²) in [5.74, 6) is 0. The number of halogens is 2. The molecular weight excluding hydrogens is 475 g/mol. The lowest BCUT2D eigenvalue weighted by Gasteiger charge is -2.21. The average Bonchev–Trinajstić information content (AvgIpc) is 2.96. The number of fused-ring (bicyclic) bond motifs is 1. The SMILES string of the molecule is CN1CCc2cc(N(C)C)c(S(=O)(=O)c3ccc(Cc4ccc(Cl)cc4Cl)cc3)cc2CC1. The van der Waals surface area contributed by atoms with Crippen molar-refractivity contribution in [1.82, 2.24) is 4.90 Å². The Balaban J connectivity index is 1.68. The van der Waals surface area contributed by atoms with Crippen molar-refractivity contribution in [1.29, 1.82) is 0 Å². The summed E-state index contributed by atoms with van der Waals surface area (Å²) in [4.78, 5) is 4.83. The fourth-order valence-corrected chi connectivity index (χ4v) is 6.25. The highest BCUT2D eigenvalue weighted by molar-refractivity contribution is 7.91. The van der Waals surface area contributed by atoms with Crippen molar-refractivity contribution in [2.24, 2.45) is 0 Å². The molecule has 3 aromatic carbocycles. The number of benzene rings is 3. The molecule has 0 atom stereocenters. The molecule has 174 valence electrons. The van der Waals surface area contributed by atoms with E-state index in [0.29, 0.717) is 26.3 Å². The van der Waals surface area contributed by atoms with Gasteiger partial charge in [-0.3, -0.25) is 0 Å². The third-order valence-corrected chi connectivity index (χ3v) is 8.61. The first-order valence-corrected chi connectivity index (χ1v) is 13.2. The number of nitrogens with zero attached hydrogens (tertiary/aromatic N) is 2. The highest BCUT2D eigenvalue weighted by Gasteiger charge is 2.25. The molecule has 1 aliphatic heterocycles. The lowest BCUT2D eigenvalue weighted by molar-refractivity contribution is 0.352. The molecule has 4 nitrogen and oxygen atoms in total. The predicted molar refractivity (Wildman–Crippen MR) is 137 cm³/mol. The Bertz CT molecular complexity index is 1270. The zero-order valence-electron chi connectivity index (χ0n) is 19.1. The molecule has 0 saturated carbocycles. The van der Waals surface area contributed by atoms with Crippen molar-refractivity contribution in [2.75, 3.05) is 39.1 Å². The average molecular weight is 503 g/mol. The Morgan fingerprint density at radius 3 is 2.15 bits per heavy atom. The summed E-state index contributed by atoms with van der Waals surface area (Å²) in [7, 11) is 2.21. The minimum atomic E-state index is -3.68. The Kier molecular flexibility index (Phi) is 7.06. The van der Waals surface area contributed by atoms with E-state index in [9.17, 15) is 8.42 Å². The maximum absolute atomic E-state index is 13.7. The van der Waals surface area contributed by atoms with Crippen LogP contribution in [0, 0.1) is 0 Å². The van der Waals surface area contributed by atoms with E-state index in [2.05, 4.69) is 18.0 Å². The van der Waals surface area contributed by atoms with Crippen LogP contribution < -0.4 is 4.90 Å². The van der Waals surface area contributed by atoms with Gasteiger partial charge in [0, 0.05) is 37.2 Å². The molecule has 0 N–H and O–H groups in total. The largest absolute Gasteiger partial charge is 0.377 e. The van der Waals surface area contributed by atoms with Gasteiger partial charge < -0.3 is 9.80 Å². The first kappa shape index (κ1) is 24.1. The second kappa shape index (κ2) is 9.67. The fraction of sp³-hybridized carbons (Fsp3) is 0.308. The lowest BCUT2D eigenvalue weighted by Crippen LogP contribution is -2.20. The Morgan fingerprint density at radius 1 is 0.909 bits per heavy atom. The van der Waals surface area contributed by atoms with Gasteiger partial charge in [-0.1, -0.05) is 41.4 Å². The molecule has 0 aliphatic carbocycles. The molecule has 0 amide bonds. The minimum Gasteiger partial charge on any atom is -0.377 e. The van der Waals surface area contributed by atoms with Gasteiger partial charge >= 0.3 is 0 Å². The highest BCUT2D eigenvalue weighted by atomic mass is 35.5. The number of anilines is 1. The molecule has 0 radical (unpaired) electrons. The second-order valence-electron chi connectivity index (χ2n) is 8.85. The zero-order chi connectivity index (χ0) is 23.8. The van der Waals surface area contributed by atoms with Crippen LogP contribution >= 0.6 is 23.2 Å². The molecule has 7 heteroatoms. The van der Waals surface area contributed by atoms with Crippen molar-refractivity contribution in [2.45, 2.75) is 29.1 Å². The van der Waals surface area contributed by atoms with E-state index >= 15 is 0 Å². The van der Waals surface area contributed by atoms with E-state index in [1.165, 1.54) is 5.56 Å². The Labute approximate surface area is 206 Å². The summed E-state index contributed by atoms with van der Waals surface area (Å²) >= 11 is 12.3. The highest BCUT2D eigenvalue weighted by Crippen LogP contribution is 2.34. The number of hydrogen-bond donors (Lipinski definition) is 0. The first-order chi connectivity index (χ1) is 15.6. The molecule has 0 unspecified atom stereocenters. The quantitative estimate of drug-likeness (QED) is 0.460. The smallest absolute Gasteiger partial charge is 0.208 e. The van der Waals surface area contributed by atoms with Gasteiger partial charge in [-0.25, -0.2) is 8.42 Å². The van der Waals surface area contributed by atoms with E-state index in [1.807, 2.05) is 43.3 Å². The van der Waals surface area contributed by atoms with E-state index in [-0.39, 0.29) is 0 Å². The number of rotatable bonds is 5. The Morgan fingerprint density at radius 2 is 1.55 bits per heavy atom. The van der Waals surface area contributed by atoms with E-state index in [1.54, 1.807) is 24.3 Å². The van der Waals surface area contributed by atoms with Crippen LogP contribution in [-0.2, 0) is 29.1 Å². The van der Waals surface area contributed by atoms with Gasteiger partial charge in [-0.2, -0.15) is 0 Å². The molecule has 0 spiro atoms. The van der Waals surface area contributed by atoms with Gasteiger partial charge in [0.25, 0.3) is 0 Å². The lowest BCUT2D eigenvalue weighted by atomic mass is 10.0. The molecular formula is C26H28Cl2N2O2S. The van der Waals surface area contributed by atoms with Gasteiger partial charge in [-0.05, 0) is 85.0 Å². The van der Waals surface area contributed by atoms with Gasteiger partial charge in [0.1, 0.15) is 0 Å². The topological polar surface area (TPSA) is 40.6 Å². The molecule has 4 rings (SSSR count). The van der Waals surface area contributed by atoms with Crippen LogP contribution in [-0.4, -0.2) is 47.6 Å². The molecule has 0 fully saturated rings. The van der Waals surface area contributed by atoms with Crippen LogP contribution in [0.5, 0.6) is 0 Å². The number of likely N-dealkylation sites (N-methyl/N-ethyl adjacent to an activating group) is 1. The van der Waals surface area contributed by atoms with Crippen LogP contribution in [0.1, 0.15) is 22.3 Å². The fourth-order valence-electron chi connectivity index (χ4n) is 4.22. The summed E-state index contributed by atoms with van der Waals surface area (Å²) in [6.45, 7) is 1.90. The first-order valence-electron chi connectivity index (χ1n) is 10.9. The van der Waals surface area contributed by atoms with Crippen molar-refractivity contribution in [3.63, 3.8) is 0 Å². The summed E-state index contributed by atoms with van der Waals surface area (Å²) in [5, 5.41) is 1.19. The standard InChI is InChI=1S/C26H28Cl2N2O2S/c1-29(2)25-15-19-10-12-30(3)13-11-20(19)16-26(25)33(31,32)23-8-4-18(5-9-23)14-21-6-7-22(27)17-24(21)28/h4-9,15-17H,10-14H2,1-3H3. The van der Waals surface area contributed by atoms with Crippen molar-refractivity contribution < 1.29 is 8.42 Å². The molecule has 3 aromatic rings. The van der Waals surface area contributed by atoms with Crippen LogP contribution in [0.25, 0.3) is 0 Å². The second-order valence-corrected chi connectivity index (χ2v) is 11.6. The third-order valence-electron chi connectivity index (χ3n) is 6.22.